The number of carboxylic acid groups (broad SMARTS) is 1. The molecule has 5 heteroatoms. The maximum absolute atomic E-state index is 11.6. The highest BCUT2D eigenvalue weighted by Crippen LogP contribution is 2.45. The van der Waals surface area contributed by atoms with Crippen LogP contribution in [-0.4, -0.2) is 20.6 Å². The minimum Gasteiger partial charge on any atom is -0.481 e. The molecule has 3 rings (SSSR count). The second-order valence-corrected chi connectivity index (χ2v) is 6.34. The molecule has 2 aromatic rings. The topological polar surface area (TPSA) is 55.1 Å². The van der Waals surface area contributed by atoms with Gasteiger partial charge in [-0.25, -0.2) is 4.98 Å². The molecule has 1 saturated carbocycles. The van der Waals surface area contributed by atoms with E-state index in [9.17, 15) is 9.90 Å². The van der Waals surface area contributed by atoms with Crippen molar-refractivity contribution in [3.8, 4) is 0 Å². The highest BCUT2D eigenvalue weighted by Gasteiger charge is 2.41. The number of para-hydroxylation sites is 1. The number of carboxylic acids is 1. The van der Waals surface area contributed by atoms with Crippen LogP contribution in [0.4, 0.5) is 0 Å². The zero-order valence-corrected chi connectivity index (χ0v) is 13.0. The number of aryl methyl sites for hydroxylation is 1. The Bertz CT molecular complexity index is 695. The van der Waals surface area contributed by atoms with E-state index in [0.717, 1.165) is 36.1 Å². The molecule has 0 amide bonds. The van der Waals surface area contributed by atoms with Crippen LogP contribution in [0.1, 0.15) is 37.9 Å². The number of hydrogen-bond donors (Lipinski definition) is 1. The fraction of sp³-hybridized carbons (Fsp3) is 0.500. The molecule has 112 valence electrons. The second kappa shape index (κ2) is 5.34. The number of nitrogens with zero attached hydrogens (tertiary/aromatic N) is 2. The van der Waals surface area contributed by atoms with E-state index in [4.69, 9.17) is 11.6 Å². The highest BCUT2D eigenvalue weighted by molar-refractivity contribution is 6.35. The first-order valence-electron chi connectivity index (χ1n) is 7.36. The van der Waals surface area contributed by atoms with Gasteiger partial charge in [-0.1, -0.05) is 31.0 Å². The molecule has 1 aliphatic carbocycles. The molecular formula is C16H19ClN2O2. The van der Waals surface area contributed by atoms with Crippen LogP contribution >= 0.6 is 11.6 Å². The van der Waals surface area contributed by atoms with Gasteiger partial charge in [-0.3, -0.25) is 4.79 Å². The number of fused-ring (bicyclic) bond motifs is 1. The molecule has 0 aliphatic heterocycles. The zero-order chi connectivity index (χ0) is 15.1. The van der Waals surface area contributed by atoms with Crippen molar-refractivity contribution in [2.45, 2.75) is 32.1 Å². The lowest BCUT2D eigenvalue weighted by Crippen LogP contribution is -2.19. The lowest BCUT2D eigenvalue weighted by Gasteiger charge is -2.15. The van der Waals surface area contributed by atoms with Crippen LogP contribution in [0.15, 0.2) is 18.2 Å². The van der Waals surface area contributed by atoms with E-state index in [-0.39, 0.29) is 11.8 Å². The Kier molecular flexibility index (Phi) is 3.66. The molecule has 0 spiro atoms. The number of imidazole rings is 1. The second-order valence-electron chi connectivity index (χ2n) is 5.93. The number of carbonyl (C=O) groups is 1. The van der Waals surface area contributed by atoms with Gasteiger partial charge in [-0.05, 0) is 30.9 Å². The van der Waals surface area contributed by atoms with Crippen molar-refractivity contribution in [2.24, 2.45) is 18.9 Å². The van der Waals surface area contributed by atoms with Crippen molar-refractivity contribution in [1.29, 1.82) is 0 Å². The summed E-state index contributed by atoms with van der Waals surface area (Å²) in [6.45, 7) is 2.12. The maximum atomic E-state index is 11.6. The van der Waals surface area contributed by atoms with Crippen molar-refractivity contribution in [3.63, 3.8) is 0 Å². The first-order valence-corrected chi connectivity index (χ1v) is 7.74. The molecule has 1 heterocycles. The van der Waals surface area contributed by atoms with Gasteiger partial charge in [-0.15, -0.1) is 0 Å². The van der Waals surface area contributed by atoms with E-state index in [1.54, 1.807) is 0 Å². The third-order valence-corrected chi connectivity index (χ3v) is 5.07. The van der Waals surface area contributed by atoms with Crippen LogP contribution in [0.25, 0.3) is 11.0 Å². The van der Waals surface area contributed by atoms with Gasteiger partial charge in [0.2, 0.25) is 0 Å². The summed E-state index contributed by atoms with van der Waals surface area (Å²) in [5.41, 5.74) is 1.72. The minimum absolute atomic E-state index is 0.0269. The molecule has 4 nitrogen and oxygen atoms in total. The average Bonchev–Trinajstić information content (AvgIpc) is 3.01. The summed E-state index contributed by atoms with van der Waals surface area (Å²) in [6.07, 6.45) is 2.65. The Morgan fingerprint density at radius 1 is 1.48 bits per heavy atom. The van der Waals surface area contributed by atoms with Gasteiger partial charge in [0.15, 0.2) is 0 Å². The van der Waals surface area contributed by atoms with Crippen LogP contribution in [0.2, 0.25) is 5.02 Å². The van der Waals surface area contributed by atoms with Crippen molar-refractivity contribution in [2.75, 3.05) is 0 Å². The molecule has 3 atom stereocenters. The molecule has 21 heavy (non-hydrogen) atoms. The predicted octanol–water partition coefficient (Wildman–Crippen LogP) is 3.83. The summed E-state index contributed by atoms with van der Waals surface area (Å²) in [4.78, 5) is 16.2. The van der Waals surface area contributed by atoms with Crippen molar-refractivity contribution < 1.29 is 9.90 Å². The predicted molar refractivity (Wildman–Crippen MR) is 82.6 cm³/mol. The summed E-state index contributed by atoms with van der Waals surface area (Å²) in [6, 6.07) is 5.64. The van der Waals surface area contributed by atoms with E-state index in [0.29, 0.717) is 10.9 Å². The van der Waals surface area contributed by atoms with Gasteiger partial charge in [0, 0.05) is 13.0 Å². The molecule has 1 N–H and O–H groups in total. The van der Waals surface area contributed by atoms with Crippen LogP contribution < -0.4 is 0 Å². The largest absolute Gasteiger partial charge is 0.481 e. The number of halogens is 1. The number of benzene rings is 1. The number of aromatic nitrogens is 2. The Morgan fingerprint density at radius 2 is 2.24 bits per heavy atom. The monoisotopic (exact) mass is 306 g/mol. The Balaban J connectivity index is 2.09. The van der Waals surface area contributed by atoms with Gasteiger partial charge < -0.3 is 9.67 Å². The Hall–Kier alpha value is -1.55. The fourth-order valence-corrected chi connectivity index (χ4v) is 3.90. The van der Waals surface area contributed by atoms with E-state index in [2.05, 4.69) is 11.9 Å². The molecule has 0 saturated heterocycles. The summed E-state index contributed by atoms with van der Waals surface area (Å²) in [5.74, 6) is 0.229. The molecule has 1 aliphatic rings. The van der Waals surface area contributed by atoms with Crippen LogP contribution in [0.5, 0.6) is 0 Å². The normalized spacial score (nSPS) is 25.6. The first kappa shape index (κ1) is 14.4. The number of aliphatic carboxylic acids is 1. The van der Waals surface area contributed by atoms with Crippen LogP contribution in [0, 0.1) is 11.8 Å². The SMILES string of the molecule is CCC1CC(C(=O)O)C(c2nc3cccc(Cl)c3n2C)C1. The standard InChI is InChI=1S/C16H19ClN2O2/c1-3-9-7-10(11(8-9)16(20)21)15-18-13-6-4-5-12(17)14(13)19(15)2/h4-6,9-11H,3,7-8H2,1-2H3,(H,20,21). The van der Waals surface area contributed by atoms with Crippen molar-refractivity contribution >= 4 is 28.6 Å². The summed E-state index contributed by atoms with van der Waals surface area (Å²) >= 11 is 6.26. The maximum Gasteiger partial charge on any atom is 0.307 e. The van der Waals surface area contributed by atoms with Crippen LogP contribution in [-0.2, 0) is 11.8 Å². The molecule has 0 radical (unpaired) electrons. The average molecular weight is 307 g/mol. The molecule has 3 unspecified atom stereocenters. The quantitative estimate of drug-likeness (QED) is 0.937. The number of rotatable bonds is 3. The minimum atomic E-state index is -0.714. The van der Waals surface area contributed by atoms with Gasteiger partial charge in [0.05, 0.1) is 22.0 Å². The van der Waals surface area contributed by atoms with Crippen molar-refractivity contribution in [3.05, 3.63) is 29.0 Å². The summed E-state index contributed by atoms with van der Waals surface area (Å²) < 4.78 is 1.97. The lowest BCUT2D eigenvalue weighted by atomic mass is 9.95. The third-order valence-electron chi connectivity index (χ3n) is 4.77. The summed E-state index contributed by atoms with van der Waals surface area (Å²) in [5, 5.41) is 10.2. The van der Waals surface area contributed by atoms with Crippen molar-refractivity contribution in [1.82, 2.24) is 9.55 Å². The third kappa shape index (κ3) is 2.31. The zero-order valence-electron chi connectivity index (χ0n) is 12.2. The highest BCUT2D eigenvalue weighted by atomic mass is 35.5. The molecule has 1 fully saturated rings. The van der Waals surface area contributed by atoms with E-state index in [1.807, 2.05) is 29.8 Å². The van der Waals surface area contributed by atoms with Gasteiger partial charge in [-0.2, -0.15) is 0 Å². The Labute approximate surface area is 128 Å². The molecular weight excluding hydrogens is 288 g/mol. The Morgan fingerprint density at radius 3 is 2.86 bits per heavy atom. The number of hydrogen-bond acceptors (Lipinski definition) is 2. The summed E-state index contributed by atoms with van der Waals surface area (Å²) in [7, 11) is 1.93. The van der Waals surface area contributed by atoms with E-state index >= 15 is 0 Å². The fourth-order valence-electron chi connectivity index (χ4n) is 3.61. The lowest BCUT2D eigenvalue weighted by molar-refractivity contribution is -0.142. The van der Waals surface area contributed by atoms with Gasteiger partial charge >= 0.3 is 5.97 Å². The molecule has 1 aromatic carbocycles. The van der Waals surface area contributed by atoms with E-state index < -0.39 is 5.97 Å². The van der Waals surface area contributed by atoms with Gasteiger partial charge in [0.1, 0.15) is 5.82 Å². The molecule has 0 bridgehead atoms. The van der Waals surface area contributed by atoms with E-state index in [1.165, 1.54) is 0 Å². The van der Waals surface area contributed by atoms with Gasteiger partial charge in [0.25, 0.3) is 0 Å². The van der Waals surface area contributed by atoms with Crippen LogP contribution in [0.3, 0.4) is 0 Å². The first-order chi connectivity index (χ1) is 10.0. The molecule has 1 aromatic heterocycles. The smallest absolute Gasteiger partial charge is 0.307 e.